The molecule has 1 N–H and O–H groups in total. The zero-order chi connectivity index (χ0) is 24.2. The number of rotatable bonds is 7. The quantitative estimate of drug-likeness (QED) is 0.455. The zero-order valence-corrected chi connectivity index (χ0v) is 20.7. The van der Waals surface area contributed by atoms with Crippen LogP contribution in [0.5, 0.6) is 5.75 Å². The van der Waals surface area contributed by atoms with Crippen LogP contribution in [-0.2, 0) is 16.1 Å². The van der Waals surface area contributed by atoms with Gasteiger partial charge in [-0.1, -0.05) is 65.7 Å². The first-order valence-corrected chi connectivity index (χ1v) is 11.5. The van der Waals surface area contributed by atoms with Crippen LogP contribution in [0.4, 0.5) is 0 Å². The topological polar surface area (TPSA) is 58.6 Å². The summed E-state index contributed by atoms with van der Waals surface area (Å²) < 4.78 is 5.90. The minimum absolute atomic E-state index is 0.188. The van der Waals surface area contributed by atoms with Crippen molar-refractivity contribution in [3.8, 4) is 5.75 Å². The fourth-order valence-corrected chi connectivity index (χ4v) is 3.76. The average Bonchev–Trinajstić information content (AvgIpc) is 2.76. The van der Waals surface area contributed by atoms with Crippen molar-refractivity contribution in [2.45, 2.75) is 45.8 Å². The molecule has 0 aliphatic rings. The summed E-state index contributed by atoms with van der Waals surface area (Å²) in [6.45, 7) is 7.37. The van der Waals surface area contributed by atoms with Crippen LogP contribution < -0.4 is 10.1 Å². The molecule has 0 unspecified atom stereocenters. The largest absolute Gasteiger partial charge is 0.483 e. The third-order valence-electron chi connectivity index (χ3n) is 5.10. The van der Waals surface area contributed by atoms with E-state index < -0.39 is 11.6 Å². The van der Waals surface area contributed by atoms with Gasteiger partial charge in [-0.2, -0.15) is 0 Å². The standard InChI is InChI=1S/C26H28Cl2N2O3/c1-17(25(32)29-26(2,3)4)30(15-18-12-13-21(27)22(28)14-18)24(31)16-33-23-11-7-9-19-8-5-6-10-20(19)23/h5-14,17H,15-16H2,1-4H3,(H,29,32)/t17-/m1/s1. The summed E-state index contributed by atoms with van der Waals surface area (Å²) in [4.78, 5) is 27.6. The molecule has 3 rings (SSSR count). The van der Waals surface area contributed by atoms with Gasteiger partial charge in [0.25, 0.3) is 5.91 Å². The van der Waals surface area contributed by atoms with Crippen LogP contribution in [0.15, 0.2) is 60.7 Å². The van der Waals surface area contributed by atoms with E-state index in [1.54, 1.807) is 25.1 Å². The highest BCUT2D eigenvalue weighted by Crippen LogP contribution is 2.26. The fourth-order valence-electron chi connectivity index (χ4n) is 3.44. The maximum Gasteiger partial charge on any atom is 0.261 e. The lowest BCUT2D eigenvalue weighted by Crippen LogP contribution is -2.53. The van der Waals surface area contributed by atoms with Gasteiger partial charge in [0.15, 0.2) is 6.61 Å². The predicted molar refractivity (Wildman–Crippen MR) is 134 cm³/mol. The van der Waals surface area contributed by atoms with Crippen molar-refractivity contribution in [3.05, 3.63) is 76.3 Å². The maximum atomic E-state index is 13.3. The van der Waals surface area contributed by atoms with E-state index >= 15 is 0 Å². The second-order valence-electron chi connectivity index (χ2n) is 8.95. The van der Waals surface area contributed by atoms with Crippen LogP contribution in [0.2, 0.25) is 10.0 Å². The predicted octanol–water partition coefficient (Wildman–Crippen LogP) is 5.86. The first-order chi connectivity index (χ1) is 15.5. The Morgan fingerprint density at radius 3 is 2.39 bits per heavy atom. The Hall–Kier alpha value is -2.76. The van der Waals surface area contributed by atoms with Gasteiger partial charge in [0.1, 0.15) is 11.8 Å². The second-order valence-corrected chi connectivity index (χ2v) is 9.77. The Labute approximate surface area is 204 Å². The van der Waals surface area contributed by atoms with Crippen molar-refractivity contribution >= 4 is 45.8 Å². The molecule has 2 amide bonds. The SMILES string of the molecule is C[C@H](C(=O)NC(C)(C)C)N(Cc1ccc(Cl)c(Cl)c1)C(=O)COc1cccc2ccccc12. The van der Waals surface area contributed by atoms with Gasteiger partial charge in [0, 0.05) is 17.5 Å². The van der Waals surface area contributed by atoms with E-state index in [4.69, 9.17) is 27.9 Å². The Balaban J connectivity index is 1.82. The van der Waals surface area contributed by atoms with Gasteiger partial charge >= 0.3 is 0 Å². The minimum atomic E-state index is -0.720. The number of carbonyl (C=O) groups excluding carboxylic acids is 2. The van der Waals surface area contributed by atoms with Gasteiger partial charge in [0.2, 0.25) is 5.91 Å². The number of ether oxygens (including phenoxy) is 1. The minimum Gasteiger partial charge on any atom is -0.483 e. The molecule has 7 heteroatoms. The molecule has 0 fully saturated rings. The molecule has 174 valence electrons. The molecule has 0 heterocycles. The van der Waals surface area contributed by atoms with Gasteiger partial charge in [-0.3, -0.25) is 9.59 Å². The molecule has 3 aromatic carbocycles. The normalized spacial score (nSPS) is 12.3. The summed E-state index contributed by atoms with van der Waals surface area (Å²) in [5, 5.41) is 5.69. The first-order valence-electron chi connectivity index (χ1n) is 10.7. The number of nitrogens with zero attached hydrogens (tertiary/aromatic N) is 1. The fraction of sp³-hybridized carbons (Fsp3) is 0.308. The molecular formula is C26H28Cl2N2O3. The van der Waals surface area contributed by atoms with E-state index in [-0.39, 0.29) is 25.0 Å². The molecule has 1 atom stereocenters. The lowest BCUT2D eigenvalue weighted by atomic mass is 10.1. The molecule has 0 spiro atoms. The molecule has 0 aromatic heterocycles. The Morgan fingerprint density at radius 1 is 1.00 bits per heavy atom. The first kappa shape index (κ1) is 24.9. The highest BCUT2D eigenvalue weighted by molar-refractivity contribution is 6.42. The summed E-state index contributed by atoms with van der Waals surface area (Å²) in [7, 11) is 0. The number of benzene rings is 3. The van der Waals surface area contributed by atoms with Crippen molar-refractivity contribution in [2.24, 2.45) is 0 Å². The van der Waals surface area contributed by atoms with E-state index in [1.165, 1.54) is 4.90 Å². The maximum absolute atomic E-state index is 13.3. The van der Waals surface area contributed by atoms with Crippen molar-refractivity contribution in [1.82, 2.24) is 10.2 Å². The van der Waals surface area contributed by atoms with Crippen LogP contribution >= 0.6 is 23.2 Å². The molecule has 0 saturated carbocycles. The van der Waals surface area contributed by atoms with Gasteiger partial charge in [-0.15, -0.1) is 0 Å². The van der Waals surface area contributed by atoms with E-state index in [2.05, 4.69) is 5.32 Å². The van der Waals surface area contributed by atoms with Crippen LogP contribution in [0.1, 0.15) is 33.3 Å². The molecule has 0 radical (unpaired) electrons. The van der Waals surface area contributed by atoms with Crippen LogP contribution in [0.3, 0.4) is 0 Å². The molecule has 3 aromatic rings. The Morgan fingerprint density at radius 2 is 1.70 bits per heavy atom. The number of nitrogens with one attached hydrogen (secondary N) is 1. The van der Waals surface area contributed by atoms with Crippen LogP contribution in [-0.4, -0.2) is 34.9 Å². The van der Waals surface area contributed by atoms with Crippen molar-refractivity contribution < 1.29 is 14.3 Å². The van der Waals surface area contributed by atoms with Crippen molar-refractivity contribution in [1.29, 1.82) is 0 Å². The van der Waals surface area contributed by atoms with Crippen LogP contribution in [0.25, 0.3) is 10.8 Å². The third-order valence-corrected chi connectivity index (χ3v) is 5.84. The van der Waals surface area contributed by atoms with E-state index in [0.29, 0.717) is 15.8 Å². The van der Waals surface area contributed by atoms with E-state index in [0.717, 1.165) is 16.3 Å². The number of halogens is 2. The molecule has 0 aliphatic heterocycles. The number of fused-ring (bicyclic) bond motifs is 1. The van der Waals surface area contributed by atoms with E-state index in [9.17, 15) is 9.59 Å². The summed E-state index contributed by atoms with van der Waals surface area (Å²) in [6, 6.07) is 17.9. The van der Waals surface area contributed by atoms with Gasteiger partial charge in [-0.05, 0) is 56.8 Å². The van der Waals surface area contributed by atoms with Crippen molar-refractivity contribution in [3.63, 3.8) is 0 Å². The lowest BCUT2D eigenvalue weighted by molar-refractivity contribution is -0.142. The molecular weight excluding hydrogens is 459 g/mol. The Bertz CT molecular complexity index is 1150. The monoisotopic (exact) mass is 486 g/mol. The summed E-state index contributed by atoms with van der Waals surface area (Å²) in [5.74, 6) is 0.0503. The zero-order valence-electron chi connectivity index (χ0n) is 19.2. The van der Waals surface area contributed by atoms with Gasteiger partial charge in [-0.25, -0.2) is 0 Å². The third kappa shape index (κ3) is 6.62. The average molecular weight is 487 g/mol. The lowest BCUT2D eigenvalue weighted by Gasteiger charge is -2.31. The summed E-state index contributed by atoms with van der Waals surface area (Å²) >= 11 is 12.2. The van der Waals surface area contributed by atoms with Gasteiger partial charge < -0.3 is 15.0 Å². The van der Waals surface area contributed by atoms with Crippen LogP contribution in [0, 0.1) is 0 Å². The highest BCUT2D eigenvalue weighted by atomic mass is 35.5. The van der Waals surface area contributed by atoms with E-state index in [1.807, 2.05) is 63.2 Å². The molecule has 33 heavy (non-hydrogen) atoms. The Kier molecular flexibility index (Phi) is 7.88. The molecule has 0 aliphatic carbocycles. The highest BCUT2D eigenvalue weighted by Gasteiger charge is 2.29. The molecule has 5 nitrogen and oxygen atoms in total. The molecule has 0 bridgehead atoms. The van der Waals surface area contributed by atoms with Gasteiger partial charge in [0.05, 0.1) is 10.0 Å². The second kappa shape index (κ2) is 10.4. The summed E-state index contributed by atoms with van der Waals surface area (Å²) in [6.07, 6.45) is 0. The van der Waals surface area contributed by atoms with Crippen molar-refractivity contribution in [2.75, 3.05) is 6.61 Å². The smallest absolute Gasteiger partial charge is 0.261 e. The number of amides is 2. The molecule has 0 saturated heterocycles. The number of hydrogen-bond acceptors (Lipinski definition) is 3. The number of carbonyl (C=O) groups is 2. The number of hydrogen-bond donors (Lipinski definition) is 1. The summed E-state index contributed by atoms with van der Waals surface area (Å²) in [5.41, 5.74) is 0.335.